The van der Waals surface area contributed by atoms with E-state index in [1.54, 1.807) is 0 Å². The Hall–Kier alpha value is -7.65. The van der Waals surface area contributed by atoms with Crippen LogP contribution in [-0.4, -0.2) is 9.13 Å². The second-order valence-electron chi connectivity index (χ2n) is 23.9. The van der Waals surface area contributed by atoms with Crippen molar-refractivity contribution in [3.05, 3.63) is 219 Å². The van der Waals surface area contributed by atoms with Crippen LogP contribution in [0.2, 0.25) is 5.02 Å². The van der Waals surface area contributed by atoms with Gasteiger partial charge in [-0.05, 0) is 195 Å². The molecule has 0 saturated heterocycles. The van der Waals surface area contributed by atoms with Gasteiger partial charge in [-0.25, -0.2) is 0 Å². The molecule has 2 heterocycles. The smallest absolute Gasteiger partial charge is 0.0726 e. The summed E-state index contributed by atoms with van der Waals surface area (Å²) in [5.41, 5.74) is 27.4. The maximum Gasteiger partial charge on any atom is 0.0726 e. The molecule has 0 N–H and O–H groups in total. The van der Waals surface area contributed by atoms with E-state index in [0.29, 0.717) is 5.02 Å². The number of aromatic nitrogens is 2. The summed E-state index contributed by atoms with van der Waals surface area (Å²) in [6.07, 6.45) is 0. The van der Waals surface area contributed by atoms with E-state index >= 15 is 0 Å². The Labute approximate surface area is 454 Å². The van der Waals surface area contributed by atoms with Crippen molar-refractivity contribution in [2.45, 2.75) is 93.9 Å². The molecule has 0 unspecified atom stereocenters. The molecule has 12 aromatic rings. The van der Waals surface area contributed by atoms with Gasteiger partial charge in [-0.3, -0.25) is 0 Å². The number of fused-ring (bicyclic) bond motifs is 8. The van der Waals surface area contributed by atoms with Crippen molar-refractivity contribution in [2.75, 3.05) is 0 Å². The Balaban J connectivity index is 1.25. The van der Waals surface area contributed by atoms with Crippen molar-refractivity contribution >= 4 is 66.0 Å². The van der Waals surface area contributed by atoms with E-state index in [4.69, 9.17) is 11.6 Å². The van der Waals surface area contributed by atoms with Gasteiger partial charge in [0.2, 0.25) is 0 Å². The molecule has 0 fully saturated rings. The molecule has 0 amide bonds. The number of hydrogen-bond donors (Lipinski definition) is 0. The molecule has 0 bridgehead atoms. The van der Waals surface area contributed by atoms with Crippen LogP contribution in [0.15, 0.2) is 170 Å². The summed E-state index contributed by atoms with van der Waals surface area (Å²) in [6, 6.07) is 64.4. The molecule has 0 radical (unpaired) electrons. The minimum Gasteiger partial charge on any atom is -0.343 e. The molecule has 2 nitrogen and oxygen atoms in total. The molecule has 0 aliphatic carbocycles. The zero-order valence-corrected chi connectivity index (χ0v) is 47.2. The van der Waals surface area contributed by atoms with Crippen LogP contribution in [-0.2, 0) is 17.9 Å². The minimum absolute atomic E-state index is 0.0856. The standard InChI is InChI=1S/C73H67ClN2/c1-42-19-16-20-43(2)66(42)49-28-31-63-59(36-49)61-38-53(68-46(5)23-18-24-47(68)6)39-62(70(61)75(63)13)60-37-52(51-33-54(72(7,8)9)41-55(34-51)73(10,11)12)40-65(69(60)74)76-64-32-29-50(67-44(3)21-17-22-45(67)4)35-58(64)57-30-27-48-25-14-15-26-56(48)71(57)76/h14-41H,1-13H3. The predicted octanol–water partition coefficient (Wildman–Crippen LogP) is 21.0. The Morgan fingerprint density at radius 1 is 0.355 bits per heavy atom. The van der Waals surface area contributed by atoms with Crippen LogP contribution in [0.4, 0.5) is 0 Å². The molecular weight excluding hydrogens is 940 g/mol. The molecule has 0 saturated carbocycles. The molecular formula is C73H67ClN2. The fourth-order valence-electron chi connectivity index (χ4n) is 12.7. The van der Waals surface area contributed by atoms with E-state index in [1.807, 2.05) is 0 Å². The number of rotatable bonds is 6. The Kier molecular flexibility index (Phi) is 11.7. The average molecular weight is 1010 g/mol. The van der Waals surface area contributed by atoms with Gasteiger partial charge < -0.3 is 9.13 Å². The average Bonchev–Trinajstić information content (AvgIpc) is 3.89. The number of aryl methyl sites for hydroxylation is 7. The molecule has 10 aromatic carbocycles. The third-order valence-corrected chi connectivity index (χ3v) is 17.0. The van der Waals surface area contributed by atoms with Gasteiger partial charge in [0.1, 0.15) is 0 Å². The minimum atomic E-state index is -0.0856. The summed E-state index contributed by atoms with van der Waals surface area (Å²) in [7, 11) is 2.24. The van der Waals surface area contributed by atoms with Crippen LogP contribution in [0.5, 0.6) is 0 Å². The molecule has 0 spiro atoms. The maximum absolute atomic E-state index is 8.44. The maximum atomic E-state index is 8.44. The van der Waals surface area contributed by atoms with Gasteiger partial charge in [-0.1, -0.05) is 174 Å². The zero-order valence-electron chi connectivity index (χ0n) is 46.4. The van der Waals surface area contributed by atoms with Gasteiger partial charge in [0, 0.05) is 50.6 Å². The molecule has 2 aromatic heterocycles. The lowest BCUT2D eigenvalue weighted by molar-refractivity contribution is 0.569. The summed E-state index contributed by atoms with van der Waals surface area (Å²) in [4.78, 5) is 0. The summed E-state index contributed by atoms with van der Waals surface area (Å²) in [5.74, 6) is 0. The second-order valence-corrected chi connectivity index (χ2v) is 24.3. The summed E-state index contributed by atoms with van der Waals surface area (Å²) >= 11 is 8.44. The largest absolute Gasteiger partial charge is 0.343 e. The van der Waals surface area contributed by atoms with E-state index < -0.39 is 0 Å². The quantitative estimate of drug-likeness (QED) is 0.157. The van der Waals surface area contributed by atoms with Gasteiger partial charge in [0.05, 0.1) is 27.3 Å². The topological polar surface area (TPSA) is 9.86 Å². The van der Waals surface area contributed by atoms with E-state index in [2.05, 4.69) is 269 Å². The highest BCUT2D eigenvalue weighted by Gasteiger charge is 2.27. The van der Waals surface area contributed by atoms with E-state index in [0.717, 1.165) is 38.9 Å². The van der Waals surface area contributed by atoms with Gasteiger partial charge >= 0.3 is 0 Å². The molecule has 0 atom stereocenters. The fourth-order valence-corrected chi connectivity index (χ4v) is 13.0. The van der Waals surface area contributed by atoms with Gasteiger partial charge in [0.15, 0.2) is 0 Å². The van der Waals surface area contributed by atoms with Crippen LogP contribution in [0, 0.1) is 41.5 Å². The second kappa shape index (κ2) is 18.0. The van der Waals surface area contributed by atoms with Crippen LogP contribution >= 0.6 is 11.6 Å². The monoisotopic (exact) mass is 1010 g/mol. The number of nitrogens with zero attached hydrogens (tertiary/aromatic N) is 2. The van der Waals surface area contributed by atoms with Crippen molar-refractivity contribution in [3.8, 4) is 61.3 Å². The highest BCUT2D eigenvalue weighted by atomic mass is 35.5. The first-order valence-electron chi connectivity index (χ1n) is 27.0. The number of halogens is 1. The molecule has 0 aliphatic rings. The summed E-state index contributed by atoms with van der Waals surface area (Å²) < 4.78 is 4.90. The van der Waals surface area contributed by atoms with Crippen molar-refractivity contribution < 1.29 is 0 Å². The van der Waals surface area contributed by atoms with Crippen molar-refractivity contribution in [1.82, 2.24) is 9.13 Å². The first-order chi connectivity index (χ1) is 36.3. The zero-order chi connectivity index (χ0) is 53.3. The summed E-state index contributed by atoms with van der Waals surface area (Å²) in [5, 5.41) is 7.90. The third kappa shape index (κ3) is 7.99. The molecule has 76 heavy (non-hydrogen) atoms. The van der Waals surface area contributed by atoms with Gasteiger partial charge in [0.25, 0.3) is 0 Å². The van der Waals surface area contributed by atoms with Gasteiger partial charge in [-0.2, -0.15) is 0 Å². The Bertz CT molecular complexity index is 4290. The number of benzene rings is 10. The van der Waals surface area contributed by atoms with Crippen LogP contribution < -0.4 is 0 Å². The SMILES string of the molecule is Cc1cccc(C)c1-c1ccc2c(c1)c1cc(-c3c(C)cccc3C)cc(-c3cc(-c4cc(C(C)(C)C)cc(C(C)(C)C)c4)cc(-n4c5ccc(-c6c(C)cccc6C)cc5c5ccc6ccccc6c54)c3Cl)c1n2C. The first-order valence-corrected chi connectivity index (χ1v) is 27.4. The third-order valence-electron chi connectivity index (χ3n) is 16.6. The highest BCUT2D eigenvalue weighted by molar-refractivity contribution is 6.36. The lowest BCUT2D eigenvalue weighted by Gasteiger charge is -2.27. The number of hydrogen-bond acceptors (Lipinski definition) is 0. The summed E-state index contributed by atoms with van der Waals surface area (Å²) in [6.45, 7) is 27.4. The van der Waals surface area contributed by atoms with Crippen molar-refractivity contribution in [3.63, 3.8) is 0 Å². The molecule has 3 heteroatoms. The van der Waals surface area contributed by atoms with Gasteiger partial charge in [-0.15, -0.1) is 0 Å². The van der Waals surface area contributed by atoms with Crippen LogP contribution in [0.25, 0.3) is 116 Å². The Morgan fingerprint density at radius 2 is 0.829 bits per heavy atom. The molecule has 0 aliphatic heterocycles. The van der Waals surface area contributed by atoms with E-state index in [9.17, 15) is 0 Å². The van der Waals surface area contributed by atoms with Crippen LogP contribution in [0.3, 0.4) is 0 Å². The first kappa shape index (κ1) is 49.2. The molecule has 12 rings (SSSR count). The normalized spacial score (nSPS) is 12.3. The van der Waals surface area contributed by atoms with E-state index in [-0.39, 0.29) is 10.8 Å². The van der Waals surface area contributed by atoms with Crippen molar-refractivity contribution in [1.29, 1.82) is 0 Å². The Morgan fingerprint density at radius 3 is 1.38 bits per heavy atom. The lowest BCUT2D eigenvalue weighted by Crippen LogP contribution is -2.16. The van der Waals surface area contributed by atoms with Crippen LogP contribution in [0.1, 0.15) is 86.1 Å². The highest BCUT2D eigenvalue weighted by Crippen LogP contribution is 2.49. The molecule has 376 valence electrons. The van der Waals surface area contributed by atoms with Crippen molar-refractivity contribution in [2.24, 2.45) is 7.05 Å². The lowest BCUT2D eigenvalue weighted by atomic mass is 9.78. The van der Waals surface area contributed by atoms with E-state index in [1.165, 1.54) is 121 Å². The fraction of sp³-hybridized carbons (Fsp3) is 0.205. The predicted molar refractivity (Wildman–Crippen MR) is 330 cm³/mol.